The zero-order chi connectivity index (χ0) is 22.8. The van der Waals surface area contributed by atoms with Crippen LogP contribution in [0.5, 0.6) is 0 Å². The van der Waals surface area contributed by atoms with Crippen LogP contribution in [0.4, 0.5) is 5.82 Å². The van der Waals surface area contributed by atoms with E-state index >= 15 is 0 Å². The first kappa shape index (κ1) is 21.3. The van der Waals surface area contributed by atoms with E-state index in [9.17, 15) is 5.11 Å². The summed E-state index contributed by atoms with van der Waals surface area (Å²) in [6, 6.07) is 8.16. The van der Waals surface area contributed by atoms with E-state index in [-0.39, 0.29) is 12.0 Å². The maximum absolute atomic E-state index is 10.4. The number of hydrogen-bond donors (Lipinski definition) is 3. The van der Waals surface area contributed by atoms with Crippen LogP contribution in [0.25, 0.3) is 33.6 Å². The van der Waals surface area contributed by atoms with Crippen molar-refractivity contribution in [2.45, 2.75) is 12.5 Å². The Morgan fingerprint density at radius 1 is 1.03 bits per heavy atom. The lowest BCUT2D eigenvalue weighted by molar-refractivity contribution is 0.0883. The number of nitrogens with one attached hydrogen (secondary N) is 2. The zero-order valence-corrected chi connectivity index (χ0v) is 18.8. The van der Waals surface area contributed by atoms with Gasteiger partial charge in [0.05, 0.1) is 18.5 Å². The van der Waals surface area contributed by atoms with Crippen LogP contribution in [0.1, 0.15) is 6.42 Å². The van der Waals surface area contributed by atoms with Gasteiger partial charge in [-0.1, -0.05) is 18.2 Å². The molecule has 33 heavy (non-hydrogen) atoms. The Labute approximate surface area is 192 Å². The van der Waals surface area contributed by atoms with Crippen molar-refractivity contribution in [3.63, 3.8) is 0 Å². The Kier molecular flexibility index (Phi) is 5.89. The van der Waals surface area contributed by atoms with Crippen LogP contribution < -0.4 is 10.6 Å². The molecule has 1 fully saturated rings. The van der Waals surface area contributed by atoms with Crippen LogP contribution in [0.2, 0.25) is 0 Å². The molecule has 4 heterocycles. The number of hydrogen-bond acceptors (Lipinski definition) is 7. The Balaban J connectivity index is 1.48. The van der Waals surface area contributed by atoms with E-state index in [0.29, 0.717) is 18.9 Å². The number of nitrogens with zero attached hydrogens (tertiary/aromatic N) is 6. The van der Waals surface area contributed by atoms with Crippen molar-refractivity contribution < 1.29 is 5.11 Å². The normalized spacial score (nSPS) is 18.4. The quantitative estimate of drug-likeness (QED) is 0.419. The smallest absolute Gasteiger partial charge is 0.161 e. The van der Waals surface area contributed by atoms with Crippen LogP contribution in [-0.4, -0.2) is 60.4 Å². The molecule has 3 N–H and O–H groups in total. The molecular weight excluding hydrogens is 416 g/mol. The van der Waals surface area contributed by atoms with E-state index in [1.807, 2.05) is 57.2 Å². The second kappa shape index (κ2) is 9.13. The molecule has 1 aromatic carbocycles. The molecular formula is C24H28N8O. The van der Waals surface area contributed by atoms with Gasteiger partial charge in [-0.3, -0.25) is 9.36 Å². The van der Waals surface area contributed by atoms with E-state index < -0.39 is 0 Å². The lowest BCUT2D eigenvalue weighted by atomic mass is 9.95. The minimum absolute atomic E-state index is 0.167. The summed E-state index contributed by atoms with van der Waals surface area (Å²) in [4.78, 5) is 9.58. The Morgan fingerprint density at radius 3 is 2.52 bits per heavy atom. The number of β-amino-alcohol motifs (C(OH)–C–C–N with tert-alkyl or cyclic N) is 1. The molecule has 0 spiro atoms. The largest absolute Gasteiger partial charge is 0.391 e. The zero-order valence-electron chi connectivity index (χ0n) is 18.8. The molecule has 2 atom stereocenters. The molecule has 9 heteroatoms. The highest BCUT2D eigenvalue weighted by molar-refractivity contribution is 5.76. The number of rotatable bonds is 6. The Morgan fingerprint density at radius 2 is 1.79 bits per heavy atom. The minimum Gasteiger partial charge on any atom is -0.391 e. The molecule has 9 nitrogen and oxygen atoms in total. The van der Waals surface area contributed by atoms with Crippen molar-refractivity contribution in [2.24, 2.45) is 20.0 Å². The van der Waals surface area contributed by atoms with E-state index in [1.165, 1.54) is 0 Å². The average molecular weight is 445 g/mol. The van der Waals surface area contributed by atoms with Crippen molar-refractivity contribution in [2.75, 3.05) is 25.0 Å². The highest BCUT2D eigenvalue weighted by Gasteiger charge is 2.23. The van der Waals surface area contributed by atoms with Gasteiger partial charge in [0.2, 0.25) is 0 Å². The highest BCUT2D eigenvalue weighted by Crippen LogP contribution is 2.30. The molecule has 1 saturated heterocycles. The molecule has 0 saturated carbocycles. The van der Waals surface area contributed by atoms with Crippen LogP contribution in [-0.2, 0) is 14.1 Å². The van der Waals surface area contributed by atoms with Gasteiger partial charge in [0, 0.05) is 73.9 Å². The molecule has 170 valence electrons. The summed E-state index contributed by atoms with van der Waals surface area (Å²) in [5.74, 6) is 1.55. The monoisotopic (exact) mass is 444 g/mol. The summed E-state index contributed by atoms with van der Waals surface area (Å²) in [6.07, 6.45) is 9.99. The summed E-state index contributed by atoms with van der Waals surface area (Å²) in [7, 11) is 3.80. The second-order valence-corrected chi connectivity index (χ2v) is 8.54. The molecule has 0 aliphatic carbocycles. The van der Waals surface area contributed by atoms with E-state index in [4.69, 9.17) is 4.98 Å². The fourth-order valence-corrected chi connectivity index (χ4v) is 4.20. The van der Waals surface area contributed by atoms with Crippen LogP contribution in [0.3, 0.4) is 0 Å². The molecule has 0 amide bonds. The summed E-state index contributed by atoms with van der Waals surface area (Å²) < 4.78 is 3.55. The molecule has 1 aliphatic heterocycles. The summed E-state index contributed by atoms with van der Waals surface area (Å²) >= 11 is 0. The van der Waals surface area contributed by atoms with Crippen molar-refractivity contribution in [3.8, 4) is 33.6 Å². The lowest BCUT2D eigenvalue weighted by Crippen LogP contribution is -2.43. The number of anilines is 1. The second-order valence-electron chi connectivity index (χ2n) is 8.54. The van der Waals surface area contributed by atoms with E-state index in [2.05, 4.69) is 37.9 Å². The van der Waals surface area contributed by atoms with Gasteiger partial charge in [0.25, 0.3) is 0 Å². The van der Waals surface area contributed by atoms with Gasteiger partial charge in [-0.2, -0.15) is 10.2 Å². The average Bonchev–Trinajstić information content (AvgIpc) is 3.47. The molecule has 0 bridgehead atoms. The summed E-state index contributed by atoms with van der Waals surface area (Å²) in [5.41, 5.74) is 4.87. The number of aryl methyl sites for hydroxylation is 2. The topological polar surface area (TPSA) is 106 Å². The third kappa shape index (κ3) is 4.64. The molecule has 5 rings (SSSR count). The third-order valence-electron chi connectivity index (χ3n) is 6.08. The van der Waals surface area contributed by atoms with Gasteiger partial charge < -0.3 is 15.7 Å². The van der Waals surface area contributed by atoms with Crippen molar-refractivity contribution in [1.29, 1.82) is 0 Å². The van der Waals surface area contributed by atoms with Crippen molar-refractivity contribution >= 4 is 5.82 Å². The maximum Gasteiger partial charge on any atom is 0.161 e. The van der Waals surface area contributed by atoms with E-state index in [0.717, 1.165) is 46.6 Å². The summed E-state index contributed by atoms with van der Waals surface area (Å²) in [6.45, 7) is 2.18. The first-order valence-corrected chi connectivity index (χ1v) is 11.1. The number of piperidine rings is 1. The van der Waals surface area contributed by atoms with Crippen LogP contribution in [0.15, 0.2) is 55.2 Å². The first-order chi connectivity index (χ1) is 16.1. The Hall–Kier alpha value is -3.56. The third-order valence-corrected chi connectivity index (χ3v) is 6.08. The molecule has 0 radical (unpaired) electrons. The SMILES string of the molecule is Cn1cc(-c2cccc(-c3ncc(-c4cnn(C)c4)c(NC[C@H]4CCNC[C@H]4O)n3)c2)cn1. The first-order valence-electron chi connectivity index (χ1n) is 11.1. The van der Waals surface area contributed by atoms with Crippen LogP contribution >= 0.6 is 0 Å². The molecule has 3 aromatic heterocycles. The van der Waals surface area contributed by atoms with E-state index in [1.54, 1.807) is 9.36 Å². The standard InChI is InChI=1S/C24H28N8O/c1-31-14-19(10-28-31)16-4-3-5-17(8-16)23-27-12-21(20-11-29-32(2)15-20)24(30-23)26-9-18-6-7-25-13-22(18)33/h3-5,8,10-12,14-15,18,22,25,33H,6-7,9,13H2,1-2H3,(H,26,27,30)/t18-,22-/m1/s1. The fraction of sp³-hybridized carbons (Fsp3) is 0.333. The number of benzene rings is 1. The number of aliphatic hydroxyl groups excluding tert-OH is 1. The predicted octanol–water partition coefficient (Wildman–Crippen LogP) is 2.33. The lowest BCUT2D eigenvalue weighted by Gasteiger charge is -2.28. The predicted molar refractivity (Wildman–Crippen MR) is 127 cm³/mol. The summed E-state index contributed by atoms with van der Waals surface area (Å²) in [5, 5.41) is 25.7. The Bertz CT molecular complexity index is 1250. The van der Waals surface area contributed by atoms with Gasteiger partial charge in [-0.05, 0) is 24.6 Å². The van der Waals surface area contributed by atoms with Crippen molar-refractivity contribution in [3.05, 3.63) is 55.2 Å². The number of aromatic nitrogens is 6. The van der Waals surface area contributed by atoms with Gasteiger partial charge >= 0.3 is 0 Å². The van der Waals surface area contributed by atoms with Crippen LogP contribution in [0, 0.1) is 5.92 Å². The van der Waals surface area contributed by atoms with Crippen molar-refractivity contribution in [1.82, 2.24) is 34.8 Å². The highest BCUT2D eigenvalue weighted by atomic mass is 16.3. The maximum atomic E-state index is 10.4. The minimum atomic E-state index is -0.370. The van der Waals surface area contributed by atoms with Gasteiger partial charge in [0.1, 0.15) is 5.82 Å². The molecule has 1 aliphatic rings. The van der Waals surface area contributed by atoms with Gasteiger partial charge in [-0.25, -0.2) is 9.97 Å². The van der Waals surface area contributed by atoms with Gasteiger partial charge in [0.15, 0.2) is 5.82 Å². The number of aliphatic hydroxyl groups is 1. The molecule has 4 aromatic rings. The molecule has 0 unspecified atom stereocenters. The van der Waals surface area contributed by atoms with Gasteiger partial charge in [-0.15, -0.1) is 0 Å². The fourth-order valence-electron chi connectivity index (χ4n) is 4.20.